The van der Waals surface area contributed by atoms with E-state index in [1.165, 1.54) is 0 Å². The number of piperidine rings is 1. The molecule has 0 aromatic heterocycles. The molecular formula is C16H23F2N. The molecule has 0 spiro atoms. The van der Waals surface area contributed by atoms with Crippen molar-refractivity contribution in [1.82, 2.24) is 5.32 Å². The Kier molecular flexibility index (Phi) is 4.92. The number of alkyl halides is 2. The van der Waals surface area contributed by atoms with E-state index in [1.54, 1.807) is 12.1 Å². The van der Waals surface area contributed by atoms with Crippen LogP contribution in [0.25, 0.3) is 0 Å². The molecule has 1 unspecified atom stereocenters. The van der Waals surface area contributed by atoms with Crippen molar-refractivity contribution < 1.29 is 8.78 Å². The number of benzene rings is 1. The Hall–Kier alpha value is -0.960. The summed E-state index contributed by atoms with van der Waals surface area (Å²) in [6.07, 6.45) is 4.94. The first-order valence-electron chi connectivity index (χ1n) is 7.32. The van der Waals surface area contributed by atoms with Crippen LogP contribution in [0.3, 0.4) is 0 Å². The smallest absolute Gasteiger partial charge is 0.274 e. The van der Waals surface area contributed by atoms with Crippen molar-refractivity contribution >= 4 is 0 Å². The highest BCUT2D eigenvalue weighted by molar-refractivity contribution is 5.26. The lowest BCUT2D eigenvalue weighted by Crippen LogP contribution is -2.37. The van der Waals surface area contributed by atoms with Gasteiger partial charge in [-0.25, -0.2) is 8.78 Å². The fraction of sp³-hybridized carbons (Fsp3) is 0.625. The Morgan fingerprint density at radius 3 is 2.53 bits per heavy atom. The van der Waals surface area contributed by atoms with E-state index in [-0.39, 0.29) is 18.0 Å². The van der Waals surface area contributed by atoms with Crippen molar-refractivity contribution in [3.8, 4) is 0 Å². The highest BCUT2D eigenvalue weighted by Gasteiger charge is 2.34. The van der Waals surface area contributed by atoms with E-state index in [9.17, 15) is 8.78 Å². The normalized spacial score (nSPS) is 20.5. The van der Waals surface area contributed by atoms with Crippen molar-refractivity contribution in [2.24, 2.45) is 0 Å². The summed E-state index contributed by atoms with van der Waals surface area (Å²) < 4.78 is 28.4. The van der Waals surface area contributed by atoms with E-state index in [4.69, 9.17) is 0 Å². The first kappa shape index (κ1) is 14.4. The summed E-state index contributed by atoms with van der Waals surface area (Å²) in [5, 5.41) is 3.20. The molecule has 1 aromatic carbocycles. The van der Waals surface area contributed by atoms with Crippen LogP contribution in [-0.2, 0) is 12.3 Å². The molecule has 106 valence electrons. The number of hydrogen-bond acceptors (Lipinski definition) is 1. The van der Waals surface area contributed by atoms with Gasteiger partial charge in [0.2, 0.25) is 0 Å². The number of hydrogen-bond donors (Lipinski definition) is 1. The van der Waals surface area contributed by atoms with Gasteiger partial charge in [0.1, 0.15) is 0 Å². The predicted octanol–water partition coefficient (Wildman–Crippen LogP) is 4.26. The third-order valence-electron chi connectivity index (χ3n) is 3.83. The molecule has 1 saturated heterocycles. The van der Waals surface area contributed by atoms with Crippen LogP contribution in [0.15, 0.2) is 24.3 Å². The van der Waals surface area contributed by atoms with Crippen LogP contribution in [0.4, 0.5) is 8.78 Å². The van der Waals surface area contributed by atoms with Crippen LogP contribution in [0.1, 0.15) is 50.2 Å². The molecule has 1 aliphatic rings. The van der Waals surface area contributed by atoms with Gasteiger partial charge in [0, 0.05) is 18.0 Å². The van der Waals surface area contributed by atoms with Gasteiger partial charge < -0.3 is 5.32 Å². The largest absolute Gasteiger partial charge is 0.314 e. The highest BCUT2D eigenvalue weighted by Crippen LogP contribution is 2.34. The molecule has 19 heavy (non-hydrogen) atoms. The molecule has 2 rings (SSSR count). The van der Waals surface area contributed by atoms with Gasteiger partial charge in [-0.1, -0.05) is 44.0 Å². The first-order chi connectivity index (χ1) is 9.12. The van der Waals surface area contributed by atoms with Gasteiger partial charge in [-0.15, -0.1) is 0 Å². The first-order valence-corrected chi connectivity index (χ1v) is 7.32. The number of rotatable bonds is 5. The monoisotopic (exact) mass is 267 g/mol. The molecule has 0 aliphatic carbocycles. The molecule has 0 saturated carbocycles. The van der Waals surface area contributed by atoms with Crippen LogP contribution in [-0.4, -0.2) is 12.6 Å². The Labute approximate surface area is 114 Å². The maximum atomic E-state index is 14.2. The minimum absolute atomic E-state index is 0.0425. The third kappa shape index (κ3) is 4.00. The van der Waals surface area contributed by atoms with Crippen LogP contribution in [0.2, 0.25) is 0 Å². The van der Waals surface area contributed by atoms with Gasteiger partial charge in [0.05, 0.1) is 0 Å². The number of halogens is 2. The van der Waals surface area contributed by atoms with Gasteiger partial charge in [0.15, 0.2) is 0 Å². The quantitative estimate of drug-likeness (QED) is 0.840. The van der Waals surface area contributed by atoms with Gasteiger partial charge in [-0.3, -0.25) is 0 Å². The zero-order valence-corrected chi connectivity index (χ0v) is 11.6. The maximum absolute atomic E-state index is 14.2. The van der Waals surface area contributed by atoms with E-state index in [0.29, 0.717) is 0 Å². The zero-order chi connectivity index (χ0) is 13.7. The number of nitrogens with one attached hydrogen (secondary N) is 1. The van der Waals surface area contributed by atoms with E-state index < -0.39 is 5.92 Å². The predicted molar refractivity (Wildman–Crippen MR) is 74.6 cm³/mol. The minimum Gasteiger partial charge on any atom is -0.314 e. The molecule has 3 heteroatoms. The molecule has 1 aliphatic heterocycles. The van der Waals surface area contributed by atoms with Crippen molar-refractivity contribution in [3.05, 3.63) is 35.4 Å². The minimum atomic E-state index is -2.72. The summed E-state index contributed by atoms with van der Waals surface area (Å²) >= 11 is 0. The lowest BCUT2D eigenvalue weighted by Gasteiger charge is -2.27. The molecule has 1 fully saturated rings. The maximum Gasteiger partial charge on any atom is 0.274 e. The average molecular weight is 267 g/mol. The van der Waals surface area contributed by atoms with E-state index in [1.807, 2.05) is 12.1 Å². The molecule has 1 heterocycles. The number of aryl methyl sites for hydroxylation is 1. The summed E-state index contributed by atoms with van der Waals surface area (Å²) in [6, 6.07) is 6.81. The van der Waals surface area contributed by atoms with Crippen LogP contribution < -0.4 is 5.32 Å². The molecule has 1 nitrogen and oxygen atoms in total. The Morgan fingerprint density at radius 2 is 1.95 bits per heavy atom. The van der Waals surface area contributed by atoms with Crippen LogP contribution >= 0.6 is 0 Å². The van der Waals surface area contributed by atoms with Gasteiger partial charge >= 0.3 is 0 Å². The second-order valence-corrected chi connectivity index (χ2v) is 5.50. The van der Waals surface area contributed by atoms with Crippen LogP contribution in [0.5, 0.6) is 0 Å². The zero-order valence-electron chi connectivity index (χ0n) is 11.6. The lowest BCUT2D eigenvalue weighted by atomic mass is 9.94. The summed E-state index contributed by atoms with van der Waals surface area (Å²) in [5.41, 5.74) is 1.29. The summed E-state index contributed by atoms with van der Waals surface area (Å²) in [5.74, 6) is -2.72. The topological polar surface area (TPSA) is 12.0 Å². The summed E-state index contributed by atoms with van der Waals surface area (Å²) in [6.45, 7) is 2.97. The van der Waals surface area contributed by atoms with Crippen molar-refractivity contribution in [1.29, 1.82) is 0 Å². The molecular weight excluding hydrogens is 244 g/mol. The fourth-order valence-electron chi connectivity index (χ4n) is 2.73. The standard InChI is InChI=1S/C16H23F2N/c1-2-5-13-7-9-14(10-8-13)16(17,18)12-15-6-3-4-11-19-15/h7-10,15,19H,2-6,11-12H2,1H3. The second kappa shape index (κ2) is 6.47. The van der Waals surface area contributed by atoms with E-state index in [2.05, 4.69) is 12.2 Å². The third-order valence-corrected chi connectivity index (χ3v) is 3.83. The van der Waals surface area contributed by atoms with Crippen LogP contribution in [0, 0.1) is 0 Å². The average Bonchev–Trinajstić information content (AvgIpc) is 2.40. The molecule has 1 atom stereocenters. The molecule has 0 amide bonds. The second-order valence-electron chi connectivity index (χ2n) is 5.50. The molecule has 1 N–H and O–H groups in total. The fourth-order valence-corrected chi connectivity index (χ4v) is 2.73. The van der Waals surface area contributed by atoms with Gasteiger partial charge in [0.25, 0.3) is 5.92 Å². The molecule has 0 bridgehead atoms. The molecule has 1 aromatic rings. The molecule has 0 radical (unpaired) electrons. The van der Waals surface area contributed by atoms with Crippen molar-refractivity contribution in [2.45, 2.75) is 57.4 Å². The van der Waals surface area contributed by atoms with E-state index >= 15 is 0 Å². The highest BCUT2D eigenvalue weighted by atomic mass is 19.3. The summed E-state index contributed by atoms with van der Waals surface area (Å²) in [4.78, 5) is 0. The Morgan fingerprint density at radius 1 is 1.21 bits per heavy atom. The van der Waals surface area contributed by atoms with Gasteiger partial charge in [-0.05, 0) is 31.4 Å². The van der Waals surface area contributed by atoms with Crippen molar-refractivity contribution in [2.75, 3.05) is 6.54 Å². The SMILES string of the molecule is CCCc1ccc(C(F)(F)CC2CCCCN2)cc1. The summed E-state index contributed by atoms with van der Waals surface area (Å²) in [7, 11) is 0. The lowest BCUT2D eigenvalue weighted by molar-refractivity contribution is -0.0253. The Bertz CT molecular complexity index is 380. The Balaban J connectivity index is 2.00. The van der Waals surface area contributed by atoms with Gasteiger partial charge in [-0.2, -0.15) is 0 Å². The van der Waals surface area contributed by atoms with Crippen molar-refractivity contribution in [3.63, 3.8) is 0 Å². The van der Waals surface area contributed by atoms with E-state index in [0.717, 1.165) is 44.2 Å².